The molecule has 5 rings (SSSR count). The minimum atomic E-state index is 0.255. The second kappa shape index (κ2) is 6.16. The first kappa shape index (κ1) is 15.6. The topological polar surface area (TPSA) is 86.9 Å². The van der Waals surface area contributed by atoms with Crippen molar-refractivity contribution in [2.45, 2.75) is 26.2 Å². The van der Waals surface area contributed by atoms with Gasteiger partial charge in [0.15, 0.2) is 0 Å². The van der Waals surface area contributed by atoms with E-state index in [0.29, 0.717) is 0 Å². The number of nitrogens with zero attached hydrogens (tertiary/aromatic N) is 6. The zero-order valence-corrected chi connectivity index (χ0v) is 14.4. The van der Waals surface area contributed by atoms with E-state index in [0.717, 1.165) is 33.6 Å². The van der Waals surface area contributed by atoms with Crippen LogP contribution in [-0.4, -0.2) is 29.6 Å². The molecule has 0 saturated heterocycles. The van der Waals surface area contributed by atoms with Crippen LogP contribution in [0.15, 0.2) is 36.7 Å². The first-order valence-corrected chi connectivity index (χ1v) is 8.51. The van der Waals surface area contributed by atoms with Crippen LogP contribution in [0.3, 0.4) is 0 Å². The van der Waals surface area contributed by atoms with Gasteiger partial charge in [0.25, 0.3) is 0 Å². The van der Waals surface area contributed by atoms with Crippen LogP contribution in [0.5, 0.6) is 0 Å². The fourth-order valence-electron chi connectivity index (χ4n) is 2.97. The molecule has 4 aromatic rings. The number of hydrogen-bond acceptors (Lipinski definition) is 5. The molecule has 0 unspecified atom stereocenters. The van der Waals surface area contributed by atoms with E-state index in [9.17, 15) is 0 Å². The van der Waals surface area contributed by atoms with Gasteiger partial charge in [-0.15, -0.1) is 10.2 Å². The van der Waals surface area contributed by atoms with Crippen LogP contribution in [0.2, 0.25) is 0 Å². The Hall–Kier alpha value is -2.96. The quantitative estimate of drug-likeness (QED) is 0.577. The smallest absolute Gasteiger partial charge is 0.238 e. The van der Waals surface area contributed by atoms with Crippen molar-refractivity contribution < 1.29 is 0 Å². The first-order valence-electron chi connectivity index (χ1n) is 8.51. The molecule has 0 aliphatic heterocycles. The Morgan fingerprint density at radius 2 is 1.96 bits per heavy atom. The third-order valence-corrected chi connectivity index (χ3v) is 4.75. The van der Waals surface area contributed by atoms with Crippen molar-refractivity contribution in [3.63, 3.8) is 0 Å². The number of fused-ring (bicyclic) bond motifs is 2. The molecular weight excluding hydrogens is 314 g/mol. The first-order chi connectivity index (χ1) is 12.1. The van der Waals surface area contributed by atoms with Crippen LogP contribution in [0, 0.1) is 5.92 Å². The molecule has 2 N–H and O–H groups in total. The normalized spacial score (nSPS) is 14.3. The minimum absolute atomic E-state index is 0.255. The molecule has 3 aromatic heterocycles. The highest BCUT2D eigenvalue weighted by molar-refractivity contribution is 5.87. The molecule has 3 heterocycles. The molecule has 128 valence electrons. The van der Waals surface area contributed by atoms with Gasteiger partial charge in [-0.2, -0.15) is 0 Å². The summed E-state index contributed by atoms with van der Waals surface area (Å²) in [5, 5.41) is 12.2. The summed E-state index contributed by atoms with van der Waals surface area (Å²) in [4.78, 5) is 4.05. The number of benzene rings is 1. The Morgan fingerprint density at radius 3 is 2.68 bits per heavy atom. The van der Waals surface area contributed by atoms with E-state index in [1.165, 1.54) is 19.3 Å². The highest BCUT2D eigenvalue weighted by Crippen LogP contribution is 2.27. The summed E-state index contributed by atoms with van der Waals surface area (Å²) in [5.74, 6) is 1.32. The molecule has 0 radical (unpaired) electrons. The monoisotopic (exact) mass is 335 g/mol. The molecule has 7 heteroatoms. The minimum Gasteiger partial charge on any atom is -0.367 e. The molecule has 25 heavy (non-hydrogen) atoms. The molecule has 0 atom stereocenters. The summed E-state index contributed by atoms with van der Waals surface area (Å²) < 4.78 is 3.48. The van der Waals surface area contributed by atoms with Gasteiger partial charge in [0.1, 0.15) is 5.52 Å². The van der Waals surface area contributed by atoms with E-state index in [1.54, 1.807) is 15.4 Å². The number of nitrogen functional groups attached to an aromatic ring is 1. The average molecular weight is 335 g/mol. The van der Waals surface area contributed by atoms with E-state index in [2.05, 4.69) is 33.4 Å². The maximum atomic E-state index is 5.59. The third-order valence-electron chi connectivity index (χ3n) is 4.75. The SMILES string of the molecule is CC1CCC1.Cn1nnc2ccc(-c3ccn4nc(N)ncc34)cc21. The number of aromatic nitrogens is 6. The van der Waals surface area contributed by atoms with Gasteiger partial charge in [-0.3, -0.25) is 0 Å². The highest BCUT2D eigenvalue weighted by Gasteiger charge is 2.10. The van der Waals surface area contributed by atoms with E-state index in [1.807, 2.05) is 31.4 Å². The Morgan fingerprint density at radius 1 is 1.16 bits per heavy atom. The van der Waals surface area contributed by atoms with Crippen molar-refractivity contribution in [3.8, 4) is 11.1 Å². The van der Waals surface area contributed by atoms with Crippen molar-refractivity contribution in [3.05, 3.63) is 36.7 Å². The van der Waals surface area contributed by atoms with Crippen LogP contribution < -0.4 is 5.73 Å². The Kier molecular flexibility index (Phi) is 3.83. The molecular formula is C18H21N7. The second-order valence-corrected chi connectivity index (χ2v) is 6.63. The molecule has 0 spiro atoms. The van der Waals surface area contributed by atoms with Crippen molar-refractivity contribution in [2.75, 3.05) is 5.73 Å². The zero-order chi connectivity index (χ0) is 17.4. The Labute approximate surface area is 145 Å². The lowest BCUT2D eigenvalue weighted by atomic mass is 9.88. The van der Waals surface area contributed by atoms with Crippen LogP contribution in [0.4, 0.5) is 5.95 Å². The largest absolute Gasteiger partial charge is 0.367 e. The molecule has 1 fully saturated rings. The molecule has 0 amide bonds. The van der Waals surface area contributed by atoms with Gasteiger partial charge in [-0.1, -0.05) is 37.5 Å². The summed E-state index contributed by atoms with van der Waals surface area (Å²) in [6, 6.07) is 8.03. The molecule has 1 aromatic carbocycles. The number of hydrogen-bond donors (Lipinski definition) is 1. The zero-order valence-electron chi connectivity index (χ0n) is 14.4. The predicted octanol–water partition coefficient (Wildman–Crippen LogP) is 3.07. The van der Waals surface area contributed by atoms with Crippen LogP contribution >= 0.6 is 0 Å². The maximum Gasteiger partial charge on any atom is 0.238 e. The number of aryl methyl sites for hydroxylation is 1. The molecule has 7 nitrogen and oxygen atoms in total. The maximum absolute atomic E-state index is 5.59. The number of rotatable bonds is 1. The van der Waals surface area contributed by atoms with Crippen molar-refractivity contribution >= 4 is 22.5 Å². The van der Waals surface area contributed by atoms with Crippen molar-refractivity contribution in [2.24, 2.45) is 13.0 Å². The average Bonchev–Trinajstić information content (AvgIpc) is 3.17. The summed E-state index contributed by atoms with van der Waals surface area (Å²) in [5.41, 5.74) is 10.5. The Balaban J connectivity index is 0.000000272. The van der Waals surface area contributed by atoms with Crippen LogP contribution in [0.1, 0.15) is 26.2 Å². The molecule has 0 bridgehead atoms. The lowest BCUT2D eigenvalue weighted by molar-refractivity contribution is 0.346. The van der Waals surface area contributed by atoms with Gasteiger partial charge < -0.3 is 5.73 Å². The van der Waals surface area contributed by atoms with Crippen molar-refractivity contribution in [1.82, 2.24) is 29.6 Å². The third kappa shape index (κ3) is 2.93. The van der Waals surface area contributed by atoms with Gasteiger partial charge in [-0.25, -0.2) is 14.2 Å². The summed E-state index contributed by atoms with van der Waals surface area (Å²) >= 11 is 0. The van der Waals surface area contributed by atoms with Gasteiger partial charge in [0.2, 0.25) is 5.95 Å². The predicted molar refractivity (Wildman–Crippen MR) is 97.9 cm³/mol. The molecule has 1 saturated carbocycles. The highest BCUT2D eigenvalue weighted by atomic mass is 15.4. The van der Waals surface area contributed by atoms with Crippen molar-refractivity contribution in [1.29, 1.82) is 0 Å². The lowest BCUT2D eigenvalue weighted by Gasteiger charge is -2.18. The van der Waals surface area contributed by atoms with Gasteiger partial charge in [-0.05, 0) is 29.7 Å². The van der Waals surface area contributed by atoms with E-state index < -0.39 is 0 Å². The summed E-state index contributed by atoms with van der Waals surface area (Å²) in [6.07, 6.45) is 8.05. The second-order valence-electron chi connectivity index (χ2n) is 6.63. The Bertz CT molecular complexity index is 1030. The van der Waals surface area contributed by atoms with Gasteiger partial charge >= 0.3 is 0 Å². The van der Waals surface area contributed by atoms with E-state index in [4.69, 9.17) is 5.73 Å². The number of anilines is 1. The van der Waals surface area contributed by atoms with E-state index >= 15 is 0 Å². The summed E-state index contributed by atoms with van der Waals surface area (Å²) in [6.45, 7) is 2.31. The fraction of sp³-hybridized carbons (Fsp3) is 0.333. The number of nitrogens with two attached hydrogens (primary N) is 1. The molecule has 1 aliphatic carbocycles. The van der Waals surface area contributed by atoms with Gasteiger partial charge in [0, 0.05) is 18.8 Å². The van der Waals surface area contributed by atoms with Crippen LogP contribution in [-0.2, 0) is 7.05 Å². The summed E-state index contributed by atoms with van der Waals surface area (Å²) in [7, 11) is 1.88. The fourth-order valence-corrected chi connectivity index (χ4v) is 2.97. The van der Waals surface area contributed by atoms with Gasteiger partial charge in [0.05, 0.1) is 17.2 Å². The molecule has 1 aliphatic rings. The lowest BCUT2D eigenvalue weighted by Crippen LogP contribution is -2.04. The standard InChI is InChI=1S/C13H11N7.C5H10/c1-19-11-6-8(2-3-10(11)16-18-19)9-4-5-20-12(9)7-15-13(14)17-20;1-5-3-2-4-5/h2-7H,1H3,(H2,14,17);5H,2-4H2,1H3. The van der Waals surface area contributed by atoms with Crippen LogP contribution in [0.25, 0.3) is 27.7 Å². The van der Waals surface area contributed by atoms with E-state index in [-0.39, 0.29) is 5.95 Å².